The Hall–Kier alpha value is -3.21. The number of aromatic carboxylic acids is 2. The summed E-state index contributed by atoms with van der Waals surface area (Å²) < 4.78 is 1.31. The van der Waals surface area contributed by atoms with Gasteiger partial charge in [0, 0.05) is 0 Å². The molecule has 0 amide bonds. The van der Waals surface area contributed by atoms with Crippen molar-refractivity contribution >= 4 is 11.9 Å². The average molecular weight is 300 g/mol. The fraction of sp³-hybridized carbons (Fsp3) is 0.214. The predicted molar refractivity (Wildman–Crippen MR) is 74.0 cm³/mol. The number of aromatic nitrogens is 3. The molecule has 0 saturated heterocycles. The molecule has 0 fully saturated rings. The van der Waals surface area contributed by atoms with E-state index < -0.39 is 11.9 Å². The van der Waals surface area contributed by atoms with Crippen molar-refractivity contribution in [2.24, 2.45) is 0 Å². The van der Waals surface area contributed by atoms with Gasteiger partial charge < -0.3 is 10.2 Å². The molecule has 0 bridgehead atoms. The Kier molecular flexibility index (Phi) is 4.18. The standard InChI is InChI=1S/C14H12N4O4/c1-2-3-12-11(7-15)16-17-18(12)10-5-8(13(19)20)4-9(6-10)14(21)22/h4-6H,2-3H2,1H3,(H,19,20)(H,21,22). The van der Waals surface area contributed by atoms with Crippen molar-refractivity contribution in [2.75, 3.05) is 0 Å². The molecular weight excluding hydrogens is 288 g/mol. The summed E-state index contributed by atoms with van der Waals surface area (Å²) in [4.78, 5) is 22.3. The first kappa shape index (κ1) is 15.2. The van der Waals surface area contributed by atoms with E-state index in [-0.39, 0.29) is 22.5 Å². The van der Waals surface area contributed by atoms with Crippen LogP contribution >= 0.6 is 0 Å². The van der Waals surface area contributed by atoms with Crippen molar-refractivity contribution in [2.45, 2.75) is 19.8 Å². The van der Waals surface area contributed by atoms with Gasteiger partial charge in [0.2, 0.25) is 0 Å². The first-order valence-electron chi connectivity index (χ1n) is 6.44. The van der Waals surface area contributed by atoms with Gasteiger partial charge in [0.25, 0.3) is 0 Å². The van der Waals surface area contributed by atoms with Crippen LogP contribution in [0.1, 0.15) is 45.4 Å². The van der Waals surface area contributed by atoms with E-state index in [1.807, 2.05) is 13.0 Å². The molecule has 2 N–H and O–H groups in total. The van der Waals surface area contributed by atoms with Gasteiger partial charge in [-0.25, -0.2) is 14.3 Å². The third kappa shape index (κ3) is 2.78. The first-order valence-corrected chi connectivity index (χ1v) is 6.44. The Balaban J connectivity index is 2.67. The van der Waals surface area contributed by atoms with Gasteiger partial charge in [-0.15, -0.1) is 5.10 Å². The van der Waals surface area contributed by atoms with Crippen molar-refractivity contribution in [1.82, 2.24) is 15.0 Å². The molecule has 0 aliphatic rings. The lowest BCUT2D eigenvalue weighted by atomic mass is 10.1. The zero-order valence-electron chi connectivity index (χ0n) is 11.6. The van der Waals surface area contributed by atoms with Crippen LogP contribution in [0.3, 0.4) is 0 Å². The van der Waals surface area contributed by atoms with E-state index in [2.05, 4.69) is 10.3 Å². The minimum absolute atomic E-state index is 0.138. The maximum Gasteiger partial charge on any atom is 0.335 e. The first-order chi connectivity index (χ1) is 10.5. The van der Waals surface area contributed by atoms with Crippen LogP contribution in [-0.4, -0.2) is 37.1 Å². The van der Waals surface area contributed by atoms with Crippen LogP contribution in [-0.2, 0) is 6.42 Å². The van der Waals surface area contributed by atoms with Gasteiger partial charge >= 0.3 is 11.9 Å². The summed E-state index contributed by atoms with van der Waals surface area (Å²) in [5, 5.41) is 34.8. The number of nitriles is 1. The molecule has 8 heteroatoms. The van der Waals surface area contributed by atoms with E-state index in [0.717, 1.165) is 12.5 Å². The quantitative estimate of drug-likeness (QED) is 0.855. The van der Waals surface area contributed by atoms with Crippen LogP contribution in [0.15, 0.2) is 18.2 Å². The summed E-state index contributed by atoms with van der Waals surface area (Å²) in [6.45, 7) is 1.91. The van der Waals surface area contributed by atoms with Crippen LogP contribution in [0, 0.1) is 11.3 Å². The number of benzene rings is 1. The fourth-order valence-corrected chi connectivity index (χ4v) is 2.04. The molecule has 1 aromatic carbocycles. The second-order valence-corrected chi connectivity index (χ2v) is 4.54. The monoisotopic (exact) mass is 300 g/mol. The lowest BCUT2D eigenvalue weighted by Gasteiger charge is -2.08. The van der Waals surface area contributed by atoms with Crippen molar-refractivity contribution in [3.05, 3.63) is 40.7 Å². The van der Waals surface area contributed by atoms with Gasteiger partial charge in [-0.2, -0.15) is 5.26 Å². The molecule has 112 valence electrons. The van der Waals surface area contributed by atoms with E-state index in [1.54, 1.807) is 0 Å². The molecule has 0 unspecified atom stereocenters. The topological polar surface area (TPSA) is 129 Å². The van der Waals surface area contributed by atoms with E-state index in [0.29, 0.717) is 12.1 Å². The Morgan fingerprint density at radius 1 is 1.23 bits per heavy atom. The lowest BCUT2D eigenvalue weighted by molar-refractivity contribution is 0.0696. The number of nitrogens with zero attached hydrogens (tertiary/aromatic N) is 4. The molecule has 2 aromatic rings. The molecular formula is C14H12N4O4. The second-order valence-electron chi connectivity index (χ2n) is 4.54. The van der Waals surface area contributed by atoms with Crippen molar-refractivity contribution in [3.63, 3.8) is 0 Å². The number of carboxylic acid groups (broad SMARTS) is 2. The molecule has 0 saturated carbocycles. The summed E-state index contributed by atoms with van der Waals surface area (Å²) >= 11 is 0. The molecule has 8 nitrogen and oxygen atoms in total. The highest BCUT2D eigenvalue weighted by atomic mass is 16.4. The Bertz CT molecular complexity index is 756. The molecule has 1 aromatic heterocycles. The summed E-state index contributed by atoms with van der Waals surface area (Å²) in [5.41, 5.74) is 0.552. The molecule has 0 spiro atoms. The SMILES string of the molecule is CCCc1c(C#N)nnn1-c1cc(C(=O)O)cc(C(=O)O)c1. The van der Waals surface area contributed by atoms with Gasteiger partial charge in [-0.05, 0) is 24.6 Å². The number of carboxylic acids is 2. The zero-order chi connectivity index (χ0) is 16.3. The predicted octanol–water partition coefficient (Wildman–Crippen LogP) is 1.49. The molecule has 0 aliphatic heterocycles. The van der Waals surface area contributed by atoms with Crippen LogP contribution in [0.2, 0.25) is 0 Å². The van der Waals surface area contributed by atoms with Crippen LogP contribution < -0.4 is 0 Å². The van der Waals surface area contributed by atoms with Gasteiger partial charge in [0.15, 0.2) is 5.69 Å². The summed E-state index contributed by atoms with van der Waals surface area (Å²) in [7, 11) is 0. The van der Waals surface area contributed by atoms with Crippen molar-refractivity contribution < 1.29 is 19.8 Å². The Labute approximate surface area is 125 Å². The number of rotatable bonds is 5. The molecule has 0 atom stereocenters. The Morgan fingerprint density at radius 3 is 2.27 bits per heavy atom. The van der Waals surface area contributed by atoms with Gasteiger partial charge in [0.05, 0.1) is 22.5 Å². The van der Waals surface area contributed by atoms with Crippen LogP contribution in [0.5, 0.6) is 0 Å². The highest BCUT2D eigenvalue weighted by Crippen LogP contribution is 2.18. The van der Waals surface area contributed by atoms with E-state index in [1.165, 1.54) is 16.8 Å². The highest BCUT2D eigenvalue weighted by Gasteiger charge is 2.17. The molecule has 22 heavy (non-hydrogen) atoms. The minimum Gasteiger partial charge on any atom is -0.478 e. The average Bonchev–Trinajstić information content (AvgIpc) is 2.90. The minimum atomic E-state index is -1.25. The maximum absolute atomic E-state index is 11.1. The maximum atomic E-state index is 11.1. The van der Waals surface area contributed by atoms with Crippen LogP contribution in [0.4, 0.5) is 0 Å². The second kappa shape index (κ2) is 6.05. The summed E-state index contributed by atoms with van der Waals surface area (Å²) in [5.74, 6) is -2.50. The van der Waals surface area contributed by atoms with Crippen LogP contribution in [0.25, 0.3) is 5.69 Å². The van der Waals surface area contributed by atoms with Gasteiger partial charge in [0.1, 0.15) is 6.07 Å². The molecule has 1 heterocycles. The van der Waals surface area contributed by atoms with Gasteiger partial charge in [-0.3, -0.25) is 0 Å². The fourth-order valence-electron chi connectivity index (χ4n) is 2.04. The Morgan fingerprint density at radius 2 is 1.82 bits per heavy atom. The van der Waals surface area contributed by atoms with E-state index >= 15 is 0 Å². The normalized spacial score (nSPS) is 10.2. The van der Waals surface area contributed by atoms with E-state index in [4.69, 9.17) is 15.5 Å². The third-order valence-electron chi connectivity index (χ3n) is 3.01. The lowest BCUT2D eigenvalue weighted by Crippen LogP contribution is -2.08. The third-order valence-corrected chi connectivity index (χ3v) is 3.01. The zero-order valence-corrected chi connectivity index (χ0v) is 11.6. The highest BCUT2D eigenvalue weighted by molar-refractivity contribution is 5.94. The largest absolute Gasteiger partial charge is 0.478 e. The summed E-state index contributed by atoms with van der Waals surface area (Å²) in [6.07, 6.45) is 1.24. The van der Waals surface area contributed by atoms with E-state index in [9.17, 15) is 9.59 Å². The number of hydrogen-bond donors (Lipinski definition) is 2. The molecule has 0 aliphatic carbocycles. The molecule has 0 radical (unpaired) electrons. The van der Waals surface area contributed by atoms with Crippen molar-refractivity contribution in [1.29, 1.82) is 5.26 Å². The van der Waals surface area contributed by atoms with Crippen molar-refractivity contribution in [3.8, 4) is 11.8 Å². The molecule has 2 rings (SSSR count). The van der Waals surface area contributed by atoms with Gasteiger partial charge in [-0.1, -0.05) is 18.6 Å². The summed E-state index contributed by atoms with van der Waals surface area (Å²) in [6, 6.07) is 5.57. The number of hydrogen-bond acceptors (Lipinski definition) is 5. The number of carbonyl (C=O) groups is 2. The smallest absolute Gasteiger partial charge is 0.335 e.